The van der Waals surface area contributed by atoms with Crippen LogP contribution in [-0.4, -0.2) is 30.1 Å². The Balaban J connectivity index is 2.47. The van der Waals surface area contributed by atoms with Crippen LogP contribution in [0.15, 0.2) is 42.5 Å². The van der Waals surface area contributed by atoms with Crippen LogP contribution in [0.5, 0.6) is 11.5 Å². The lowest BCUT2D eigenvalue weighted by atomic mass is 9.85. The second-order valence-corrected chi connectivity index (χ2v) is 7.66. The molecular weight excluding hydrogens is 354 g/mol. The maximum atomic E-state index is 12.9. The van der Waals surface area contributed by atoms with Crippen molar-refractivity contribution >= 4 is 12.1 Å². The maximum Gasteiger partial charge on any atom is 0.415 e. The molecule has 2 aromatic carbocycles. The van der Waals surface area contributed by atoms with E-state index in [0.29, 0.717) is 24.4 Å². The molecule has 0 N–H and O–H groups in total. The standard InChI is InChI=1S/C23H29NO4/c1-7-24(8-2)22(26)28-19-15-17(23(4,5)6)14-16(3)20(19)21(25)27-18-12-10-9-11-13-18/h9-15H,7-8H2,1-6H3. The van der Waals surface area contributed by atoms with E-state index in [2.05, 4.69) is 20.8 Å². The van der Waals surface area contributed by atoms with Crippen LogP contribution in [-0.2, 0) is 5.41 Å². The molecule has 0 aliphatic heterocycles. The van der Waals surface area contributed by atoms with E-state index in [4.69, 9.17) is 9.47 Å². The first-order valence-electron chi connectivity index (χ1n) is 9.56. The maximum absolute atomic E-state index is 12.9. The Kier molecular flexibility index (Phi) is 6.84. The zero-order chi connectivity index (χ0) is 20.9. The number of benzene rings is 2. The molecule has 0 heterocycles. The van der Waals surface area contributed by atoms with Crippen LogP contribution in [0.25, 0.3) is 0 Å². The van der Waals surface area contributed by atoms with Crippen molar-refractivity contribution in [2.45, 2.75) is 47.0 Å². The van der Waals surface area contributed by atoms with Crippen LogP contribution in [0, 0.1) is 6.92 Å². The van der Waals surface area contributed by atoms with Gasteiger partial charge in [-0.2, -0.15) is 0 Å². The monoisotopic (exact) mass is 383 g/mol. The zero-order valence-corrected chi connectivity index (χ0v) is 17.5. The molecule has 0 aliphatic rings. The third kappa shape index (κ3) is 5.12. The number of carbonyl (C=O) groups is 2. The molecule has 28 heavy (non-hydrogen) atoms. The molecule has 0 bridgehead atoms. The van der Waals surface area contributed by atoms with E-state index >= 15 is 0 Å². The van der Waals surface area contributed by atoms with Crippen LogP contribution in [0.2, 0.25) is 0 Å². The zero-order valence-electron chi connectivity index (χ0n) is 17.5. The van der Waals surface area contributed by atoms with E-state index in [0.717, 1.165) is 5.56 Å². The van der Waals surface area contributed by atoms with E-state index in [1.807, 2.05) is 32.9 Å². The lowest BCUT2D eigenvalue weighted by Crippen LogP contribution is -2.33. The van der Waals surface area contributed by atoms with Gasteiger partial charge < -0.3 is 14.4 Å². The summed E-state index contributed by atoms with van der Waals surface area (Å²) in [5.74, 6) is 0.113. The van der Waals surface area contributed by atoms with E-state index in [1.165, 1.54) is 0 Å². The molecule has 0 unspecified atom stereocenters. The minimum atomic E-state index is -0.550. The number of carbonyl (C=O) groups excluding carboxylic acids is 2. The first kappa shape index (κ1) is 21.5. The number of ether oxygens (including phenoxy) is 2. The number of rotatable bonds is 5. The molecule has 0 fully saturated rings. The van der Waals surface area contributed by atoms with Gasteiger partial charge in [-0.1, -0.05) is 45.0 Å². The molecule has 1 amide bonds. The first-order valence-corrected chi connectivity index (χ1v) is 9.56. The van der Waals surface area contributed by atoms with Gasteiger partial charge in [0, 0.05) is 13.1 Å². The molecule has 2 rings (SSSR count). The highest BCUT2D eigenvalue weighted by atomic mass is 16.6. The number of hydrogen-bond donors (Lipinski definition) is 0. The quantitative estimate of drug-likeness (QED) is 0.516. The Hall–Kier alpha value is -2.82. The number of amides is 1. The van der Waals surface area contributed by atoms with Crippen LogP contribution in [0.3, 0.4) is 0 Å². The summed E-state index contributed by atoms with van der Waals surface area (Å²) < 4.78 is 11.1. The lowest BCUT2D eigenvalue weighted by molar-refractivity contribution is 0.0730. The molecule has 0 saturated carbocycles. The molecule has 0 radical (unpaired) electrons. The minimum Gasteiger partial charge on any atom is -0.423 e. The average Bonchev–Trinajstić information content (AvgIpc) is 2.62. The Morgan fingerprint density at radius 2 is 1.57 bits per heavy atom. The fraction of sp³-hybridized carbons (Fsp3) is 0.391. The second kappa shape index (κ2) is 8.91. The molecule has 2 aromatic rings. The normalized spacial score (nSPS) is 11.1. The van der Waals surface area contributed by atoms with Crippen LogP contribution in [0.4, 0.5) is 4.79 Å². The summed E-state index contributed by atoms with van der Waals surface area (Å²) in [6, 6.07) is 12.5. The predicted octanol–water partition coefficient (Wildman–Crippen LogP) is 5.35. The molecule has 5 heteroatoms. The lowest BCUT2D eigenvalue weighted by Gasteiger charge is -2.24. The summed E-state index contributed by atoms with van der Waals surface area (Å²) in [4.78, 5) is 27.0. The molecule has 0 saturated heterocycles. The highest BCUT2D eigenvalue weighted by Crippen LogP contribution is 2.32. The van der Waals surface area contributed by atoms with Crippen molar-refractivity contribution in [2.24, 2.45) is 0 Å². The molecule has 0 aromatic heterocycles. The number of aryl methyl sites for hydroxylation is 1. The van der Waals surface area contributed by atoms with Crippen molar-refractivity contribution < 1.29 is 19.1 Å². The average molecular weight is 383 g/mol. The van der Waals surface area contributed by atoms with Gasteiger partial charge in [-0.25, -0.2) is 9.59 Å². The molecule has 150 valence electrons. The van der Waals surface area contributed by atoms with Gasteiger partial charge in [0.05, 0.1) is 0 Å². The van der Waals surface area contributed by atoms with E-state index in [9.17, 15) is 9.59 Å². The molecule has 0 atom stereocenters. The predicted molar refractivity (Wildman–Crippen MR) is 110 cm³/mol. The van der Waals surface area contributed by atoms with Gasteiger partial charge in [-0.15, -0.1) is 0 Å². The topological polar surface area (TPSA) is 55.8 Å². The Morgan fingerprint density at radius 3 is 2.11 bits per heavy atom. The van der Waals surface area contributed by atoms with Gasteiger partial charge in [0.1, 0.15) is 17.1 Å². The molecular formula is C23H29NO4. The van der Waals surface area contributed by atoms with Gasteiger partial charge in [-0.3, -0.25) is 0 Å². The second-order valence-electron chi connectivity index (χ2n) is 7.66. The SMILES string of the molecule is CCN(CC)C(=O)Oc1cc(C(C)(C)C)cc(C)c1C(=O)Oc1ccccc1. The van der Waals surface area contributed by atoms with E-state index < -0.39 is 12.1 Å². The number of hydrogen-bond acceptors (Lipinski definition) is 4. The minimum absolute atomic E-state index is 0.164. The summed E-state index contributed by atoms with van der Waals surface area (Å²) in [6.07, 6.45) is -0.482. The van der Waals surface area contributed by atoms with Crippen molar-refractivity contribution in [1.29, 1.82) is 0 Å². The summed E-state index contributed by atoms with van der Waals surface area (Å²) >= 11 is 0. The number of nitrogens with zero attached hydrogens (tertiary/aromatic N) is 1. The van der Waals surface area contributed by atoms with Crippen LogP contribution >= 0.6 is 0 Å². The Morgan fingerprint density at radius 1 is 0.964 bits per heavy atom. The Labute approximate surface area is 167 Å². The highest BCUT2D eigenvalue weighted by molar-refractivity contribution is 5.96. The van der Waals surface area contributed by atoms with Crippen LogP contribution < -0.4 is 9.47 Å². The molecule has 0 spiro atoms. The third-order valence-electron chi connectivity index (χ3n) is 4.54. The fourth-order valence-corrected chi connectivity index (χ4v) is 2.82. The Bertz CT molecular complexity index is 834. The highest BCUT2D eigenvalue weighted by Gasteiger charge is 2.25. The van der Waals surface area contributed by atoms with Gasteiger partial charge in [0.25, 0.3) is 0 Å². The van der Waals surface area contributed by atoms with E-state index in [-0.39, 0.29) is 16.7 Å². The van der Waals surface area contributed by atoms with Crippen molar-refractivity contribution in [3.8, 4) is 11.5 Å². The van der Waals surface area contributed by atoms with Crippen molar-refractivity contribution in [2.75, 3.05) is 13.1 Å². The molecule has 5 nitrogen and oxygen atoms in total. The number of para-hydroxylation sites is 1. The first-order chi connectivity index (χ1) is 13.2. The largest absolute Gasteiger partial charge is 0.423 e. The van der Waals surface area contributed by atoms with Gasteiger partial charge >= 0.3 is 12.1 Å². The van der Waals surface area contributed by atoms with Gasteiger partial charge in [-0.05, 0) is 55.5 Å². The summed E-state index contributed by atoms with van der Waals surface area (Å²) in [5.41, 5.74) is 1.78. The van der Waals surface area contributed by atoms with Crippen LogP contribution in [0.1, 0.15) is 56.1 Å². The number of esters is 1. The van der Waals surface area contributed by atoms with Gasteiger partial charge in [0.2, 0.25) is 0 Å². The third-order valence-corrected chi connectivity index (χ3v) is 4.54. The smallest absolute Gasteiger partial charge is 0.415 e. The van der Waals surface area contributed by atoms with E-state index in [1.54, 1.807) is 35.2 Å². The van der Waals surface area contributed by atoms with Gasteiger partial charge in [0.15, 0.2) is 0 Å². The van der Waals surface area contributed by atoms with Crippen molar-refractivity contribution in [3.05, 3.63) is 59.2 Å². The summed E-state index contributed by atoms with van der Waals surface area (Å²) in [5, 5.41) is 0. The fourth-order valence-electron chi connectivity index (χ4n) is 2.82. The van der Waals surface area contributed by atoms with Crippen molar-refractivity contribution in [3.63, 3.8) is 0 Å². The molecule has 0 aliphatic carbocycles. The summed E-state index contributed by atoms with van der Waals surface area (Å²) in [6.45, 7) is 12.8. The van der Waals surface area contributed by atoms with Crippen molar-refractivity contribution in [1.82, 2.24) is 4.90 Å². The summed E-state index contributed by atoms with van der Waals surface area (Å²) in [7, 11) is 0.